The molecule has 2 N–H and O–H groups in total. The maximum absolute atomic E-state index is 10.4. The largest absolute Gasteiger partial charge is 0.400 e. The van der Waals surface area contributed by atoms with Gasteiger partial charge in [-0.05, 0) is 30.5 Å². The predicted molar refractivity (Wildman–Crippen MR) is 74.2 cm³/mol. The Morgan fingerprint density at radius 2 is 1.94 bits per heavy atom. The van der Waals surface area contributed by atoms with Crippen LogP contribution < -0.4 is 0 Å². The minimum Gasteiger partial charge on any atom is -0.315 e. The highest BCUT2D eigenvalue weighted by Crippen LogP contribution is 2.31. The number of rotatable bonds is 4. The summed E-state index contributed by atoms with van der Waals surface area (Å²) >= 11 is 5.76. The molecule has 0 amide bonds. The van der Waals surface area contributed by atoms with Gasteiger partial charge in [0.15, 0.2) is 0 Å². The number of unbranched alkanes of at least 4 members (excludes halogenated alkanes) is 2. The Hall–Kier alpha value is -1.04. The van der Waals surface area contributed by atoms with Gasteiger partial charge in [0.05, 0.1) is 0 Å². The van der Waals surface area contributed by atoms with E-state index >= 15 is 0 Å². The van der Waals surface area contributed by atoms with Crippen molar-refractivity contribution >= 4 is 25.3 Å². The van der Waals surface area contributed by atoms with E-state index in [1.807, 2.05) is 42.1 Å². The molecule has 0 spiro atoms. The van der Waals surface area contributed by atoms with Crippen LogP contribution in [-0.2, 0) is 4.57 Å². The van der Waals surface area contributed by atoms with Crippen molar-refractivity contribution in [1.82, 2.24) is 0 Å². The second-order valence-corrected chi connectivity index (χ2v) is 5.43. The first-order valence-corrected chi connectivity index (χ1v) is 7.44. The standard InChI is InChI=1S/C13H14ClO3P/c14-13-9-7-12(8-10-13)6-4-2-1-3-5-11-18(15,16)17/h4,6-10H,1-3H2,(H2,15,16,17)/b6-4+. The van der Waals surface area contributed by atoms with Crippen LogP contribution in [-0.4, -0.2) is 9.79 Å². The van der Waals surface area contributed by atoms with Crippen LogP contribution in [0.4, 0.5) is 0 Å². The van der Waals surface area contributed by atoms with Crippen molar-refractivity contribution in [1.29, 1.82) is 0 Å². The van der Waals surface area contributed by atoms with Crippen molar-refractivity contribution in [2.24, 2.45) is 0 Å². The fourth-order valence-electron chi connectivity index (χ4n) is 1.26. The minimum absolute atomic E-state index is 0.482. The SMILES string of the molecule is O=P(O)(O)C#CCCC/C=C/c1ccc(Cl)cc1. The Bertz CT molecular complexity index is 505. The Morgan fingerprint density at radius 1 is 1.28 bits per heavy atom. The predicted octanol–water partition coefficient (Wildman–Crippen LogP) is 3.66. The van der Waals surface area contributed by atoms with Gasteiger partial charge in [-0.1, -0.05) is 41.8 Å². The van der Waals surface area contributed by atoms with Gasteiger partial charge in [-0.25, -0.2) is 4.57 Å². The molecule has 0 aliphatic carbocycles. The van der Waals surface area contributed by atoms with E-state index in [9.17, 15) is 4.57 Å². The minimum atomic E-state index is -4.17. The Morgan fingerprint density at radius 3 is 2.56 bits per heavy atom. The Kier molecular flexibility index (Phi) is 6.18. The molecule has 96 valence electrons. The summed E-state index contributed by atoms with van der Waals surface area (Å²) in [6.45, 7) is 0. The molecule has 0 saturated carbocycles. The van der Waals surface area contributed by atoms with Gasteiger partial charge in [-0.2, -0.15) is 0 Å². The molecule has 0 aromatic heterocycles. The molecule has 0 heterocycles. The summed E-state index contributed by atoms with van der Waals surface area (Å²) in [5.74, 6) is 2.47. The van der Waals surface area contributed by atoms with Crippen molar-refractivity contribution in [3.8, 4) is 11.6 Å². The molecule has 1 aromatic rings. The zero-order chi connectivity index (χ0) is 13.4. The van der Waals surface area contributed by atoms with E-state index in [1.165, 1.54) is 0 Å². The normalized spacial score (nSPS) is 11.3. The van der Waals surface area contributed by atoms with Crippen molar-refractivity contribution in [3.05, 3.63) is 40.9 Å². The number of allylic oxidation sites excluding steroid dienone is 1. The van der Waals surface area contributed by atoms with Crippen LogP contribution in [0.1, 0.15) is 24.8 Å². The van der Waals surface area contributed by atoms with Gasteiger partial charge < -0.3 is 9.79 Å². The van der Waals surface area contributed by atoms with Crippen LogP contribution in [0.2, 0.25) is 5.02 Å². The van der Waals surface area contributed by atoms with Gasteiger partial charge in [0.25, 0.3) is 0 Å². The molecule has 0 aliphatic rings. The van der Waals surface area contributed by atoms with Crippen molar-refractivity contribution < 1.29 is 14.4 Å². The lowest BCUT2D eigenvalue weighted by Gasteiger charge is -1.93. The second-order valence-electron chi connectivity index (χ2n) is 3.68. The molecule has 3 nitrogen and oxygen atoms in total. The van der Waals surface area contributed by atoms with E-state index in [0.717, 1.165) is 18.4 Å². The topological polar surface area (TPSA) is 57.5 Å². The maximum Gasteiger partial charge on any atom is 0.400 e. The summed E-state index contributed by atoms with van der Waals surface area (Å²) in [5.41, 5.74) is 2.98. The van der Waals surface area contributed by atoms with Gasteiger partial charge in [-0.3, -0.25) is 0 Å². The first-order chi connectivity index (χ1) is 8.47. The quantitative estimate of drug-likeness (QED) is 0.504. The highest BCUT2D eigenvalue weighted by atomic mass is 35.5. The molecule has 0 bridgehead atoms. The average Bonchev–Trinajstić information content (AvgIpc) is 2.29. The summed E-state index contributed by atoms with van der Waals surface area (Å²) < 4.78 is 10.4. The van der Waals surface area contributed by atoms with Crippen LogP contribution in [0.5, 0.6) is 0 Å². The van der Waals surface area contributed by atoms with Crippen LogP contribution >= 0.6 is 19.2 Å². The summed E-state index contributed by atoms with van der Waals surface area (Å²) in [5, 5.41) is 0.708. The van der Waals surface area contributed by atoms with E-state index in [2.05, 4.69) is 5.92 Å². The van der Waals surface area contributed by atoms with Crippen molar-refractivity contribution in [2.75, 3.05) is 0 Å². The van der Waals surface area contributed by atoms with Gasteiger partial charge >= 0.3 is 7.60 Å². The highest BCUT2D eigenvalue weighted by Gasteiger charge is 2.04. The maximum atomic E-state index is 10.4. The van der Waals surface area contributed by atoms with Gasteiger partial charge in [0.1, 0.15) is 0 Å². The molecular weight excluding hydrogens is 271 g/mol. The Balaban J connectivity index is 2.27. The molecule has 0 atom stereocenters. The van der Waals surface area contributed by atoms with E-state index in [4.69, 9.17) is 21.4 Å². The van der Waals surface area contributed by atoms with Crippen LogP contribution in [0.15, 0.2) is 30.3 Å². The van der Waals surface area contributed by atoms with Gasteiger partial charge in [-0.15, -0.1) is 0 Å². The molecule has 1 aromatic carbocycles. The molecule has 0 fully saturated rings. The second kappa shape index (κ2) is 7.41. The van der Waals surface area contributed by atoms with E-state index in [1.54, 1.807) is 0 Å². The molecular formula is C13H14ClO3P. The van der Waals surface area contributed by atoms with E-state index < -0.39 is 7.60 Å². The van der Waals surface area contributed by atoms with E-state index in [-0.39, 0.29) is 0 Å². The number of halogens is 1. The lowest BCUT2D eigenvalue weighted by molar-refractivity contribution is 0.388. The third-order valence-corrected chi connectivity index (χ3v) is 2.78. The third-order valence-electron chi connectivity index (χ3n) is 2.08. The number of hydrogen-bond donors (Lipinski definition) is 2. The third kappa shape index (κ3) is 7.32. The highest BCUT2D eigenvalue weighted by molar-refractivity contribution is 7.57. The summed E-state index contributed by atoms with van der Waals surface area (Å²) in [6, 6.07) is 7.50. The summed E-state index contributed by atoms with van der Waals surface area (Å²) in [6.07, 6.45) is 6.06. The fourth-order valence-corrected chi connectivity index (χ4v) is 1.70. The zero-order valence-corrected chi connectivity index (χ0v) is 11.4. The number of benzene rings is 1. The summed E-state index contributed by atoms with van der Waals surface area (Å²) in [4.78, 5) is 17.0. The van der Waals surface area contributed by atoms with Crippen molar-refractivity contribution in [3.63, 3.8) is 0 Å². The summed E-state index contributed by atoms with van der Waals surface area (Å²) in [7, 11) is -4.17. The van der Waals surface area contributed by atoms with Crippen molar-refractivity contribution in [2.45, 2.75) is 19.3 Å². The first kappa shape index (κ1) is 15.0. The Labute approximate surface area is 112 Å². The smallest absolute Gasteiger partial charge is 0.315 e. The first-order valence-electron chi connectivity index (χ1n) is 5.45. The molecule has 18 heavy (non-hydrogen) atoms. The number of hydrogen-bond acceptors (Lipinski definition) is 1. The average molecular weight is 285 g/mol. The van der Waals surface area contributed by atoms with Crippen LogP contribution in [0.3, 0.4) is 0 Å². The molecule has 0 saturated heterocycles. The lowest BCUT2D eigenvalue weighted by atomic mass is 10.1. The van der Waals surface area contributed by atoms with E-state index in [0.29, 0.717) is 11.4 Å². The molecule has 5 heteroatoms. The van der Waals surface area contributed by atoms with Crippen LogP contribution in [0.25, 0.3) is 6.08 Å². The van der Waals surface area contributed by atoms with Gasteiger partial charge in [0, 0.05) is 17.1 Å². The molecule has 0 radical (unpaired) electrons. The molecule has 1 rings (SSSR count). The zero-order valence-electron chi connectivity index (χ0n) is 9.71. The van der Waals surface area contributed by atoms with Gasteiger partial charge in [0.2, 0.25) is 0 Å². The fraction of sp³-hybridized carbons (Fsp3) is 0.231. The molecule has 0 aliphatic heterocycles. The lowest BCUT2D eigenvalue weighted by Crippen LogP contribution is -1.73. The van der Waals surface area contributed by atoms with Crippen LogP contribution in [0, 0.1) is 11.6 Å². The molecule has 0 unspecified atom stereocenters. The monoisotopic (exact) mass is 284 g/mol.